The van der Waals surface area contributed by atoms with Gasteiger partial charge in [-0.05, 0) is 25.1 Å². The molecule has 0 radical (unpaired) electrons. The van der Waals surface area contributed by atoms with Crippen LogP contribution in [0.2, 0.25) is 0 Å². The Labute approximate surface area is 108 Å². The van der Waals surface area contributed by atoms with Crippen LogP contribution >= 0.6 is 0 Å². The van der Waals surface area contributed by atoms with Gasteiger partial charge in [-0.1, -0.05) is 12.1 Å². The molecular formula is C13H14N4O2. The number of H-pyrrole nitrogens is 1. The Kier molecular flexibility index (Phi) is 2.92. The lowest BCUT2D eigenvalue weighted by atomic mass is 10.2. The summed E-state index contributed by atoms with van der Waals surface area (Å²) < 4.78 is 7.26. The minimum Gasteiger partial charge on any atom is -0.493 e. The van der Waals surface area contributed by atoms with Crippen molar-refractivity contribution >= 4 is 16.6 Å². The fraction of sp³-hybridized carbons (Fsp3) is 0.231. The van der Waals surface area contributed by atoms with Crippen LogP contribution in [0.15, 0.2) is 35.1 Å². The van der Waals surface area contributed by atoms with Crippen molar-refractivity contribution in [2.75, 3.05) is 13.2 Å². The summed E-state index contributed by atoms with van der Waals surface area (Å²) in [6, 6.07) is 9.34. The van der Waals surface area contributed by atoms with Gasteiger partial charge in [-0.15, -0.1) is 0 Å². The molecule has 0 aliphatic carbocycles. The zero-order valence-electron chi connectivity index (χ0n) is 10.3. The van der Waals surface area contributed by atoms with Gasteiger partial charge in [0.1, 0.15) is 5.75 Å². The molecule has 0 bridgehead atoms. The molecule has 0 saturated carbocycles. The van der Waals surface area contributed by atoms with Crippen molar-refractivity contribution in [1.29, 1.82) is 0 Å². The van der Waals surface area contributed by atoms with Crippen LogP contribution in [0.5, 0.6) is 5.75 Å². The lowest BCUT2D eigenvalue weighted by molar-refractivity contribution is 0.317. The molecule has 0 fully saturated rings. The molecule has 1 aromatic carbocycles. The van der Waals surface area contributed by atoms with Gasteiger partial charge in [0, 0.05) is 11.5 Å². The molecule has 6 nitrogen and oxygen atoms in total. The Bertz CT molecular complexity index is 775. The molecule has 0 spiro atoms. The SMILES string of the molecule is NCCCOc1cc2n[nH]c(=O)n2c2ccccc12. The quantitative estimate of drug-likeness (QED) is 0.681. The fourth-order valence-electron chi connectivity index (χ4n) is 2.10. The summed E-state index contributed by atoms with van der Waals surface area (Å²) in [7, 11) is 0. The van der Waals surface area contributed by atoms with Gasteiger partial charge in [-0.3, -0.25) is 0 Å². The number of hydrogen-bond donors (Lipinski definition) is 2. The van der Waals surface area contributed by atoms with Gasteiger partial charge in [0.15, 0.2) is 5.65 Å². The first-order chi connectivity index (χ1) is 9.31. The molecule has 0 unspecified atom stereocenters. The number of rotatable bonds is 4. The first-order valence-corrected chi connectivity index (χ1v) is 6.13. The second-order valence-electron chi connectivity index (χ2n) is 4.24. The van der Waals surface area contributed by atoms with Crippen molar-refractivity contribution in [2.24, 2.45) is 5.73 Å². The van der Waals surface area contributed by atoms with Crippen LogP contribution < -0.4 is 16.2 Å². The van der Waals surface area contributed by atoms with E-state index >= 15 is 0 Å². The standard InChI is InChI=1S/C13H14N4O2/c14-6-3-7-19-11-8-12-15-16-13(18)17(12)10-5-2-1-4-9(10)11/h1-2,4-5,8H,3,6-7,14H2,(H,16,18). The maximum Gasteiger partial charge on any atom is 0.348 e. The number of nitrogens with one attached hydrogen (secondary N) is 1. The summed E-state index contributed by atoms with van der Waals surface area (Å²) in [4.78, 5) is 11.8. The molecule has 3 aromatic rings. The maximum atomic E-state index is 11.8. The van der Waals surface area contributed by atoms with Crippen molar-refractivity contribution in [3.63, 3.8) is 0 Å². The van der Waals surface area contributed by atoms with E-state index in [1.165, 1.54) is 4.40 Å². The molecule has 0 aliphatic heterocycles. The first kappa shape index (κ1) is 11.7. The molecular weight excluding hydrogens is 244 g/mol. The number of nitrogens with zero attached hydrogens (tertiary/aromatic N) is 2. The van der Waals surface area contributed by atoms with Crippen molar-refractivity contribution in [1.82, 2.24) is 14.6 Å². The summed E-state index contributed by atoms with van der Waals surface area (Å²) >= 11 is 0. The molecule has 3 N–H and O–H groups in total. The smallest absolute Gasteiger partial charge is 0.348 e. The number of aromatic amines is 1. The van der Waals surface area contributed by atoms with Gasteiger partial charge < -0.3 is 10.5 Å². The van der Waals surface area contributed by atoms with E-state index in [-0.39, 0.29) is 5.69 Å². The molecule has 0 aliphatic rings. The van der Waals surface area contributed by atoms with Crippen LogP contribution in [0.25, 0.3) is 16.6 Å². The van der Waals surface area contributed by atoms with E-state index in [9.17, 15) is 4.79 Å². The van der Waals surface area contributed by atoms with Crippen LogP contribution in [-0.2, 0) is 0 Å². The average Bonchev–Trinajstić information content (AvgIpc) is 2.81. The highest BCUT2D eigenvalue weighted by molar-refractivity contribution is 5.88. The molecule has 0 atom stereocenters. The molecule has 2 aromatic heterocycles. The number of hydrogen-bond acceptors (Lipinski definition) is 4. The highest BCUT2D eigenvalue weighted by Gasteiger charge is 2.10. The summed E-state index contributed by atoms with van der Waals surface area (Å²) in [5, 5.41) is 7.31. The monoisotopic (exact) mass is 258 g/mol. The third-order valence-corrected chi connectivity index (χ3v) is 2.97. The molecule has 3 rings (SSSR count). The summed E-state index contributed by atoms with van der Waals surface area (Å²) in [6.45, 7) is 1.13. The van der Waals surface area contributed by atoms with E-state index < -0.39 is 0 Å². The number of fused-ring (bicyclic) bond motifs is 3. The maximum absolute atomic E-state index is 11.8. The lowest BCUT2D eigenvalue weighted by Gasteiger charge is -2.09. The van der Waals surface area contributed by atoms with E-state index in [4.69, 9.17) is 10.5 Å². The van der Waals surface area contributed by atoms with Crippen molar-refractivity contribution in [3.8, 4) is 5.75 Å². The number of pyridine rings is 1. The van der Waals surface area contributed by atoms with Gasteiger partial charge in [-0.25, -0.2) is 14.3 Å². The summed E-state index contributed by atoms with van der Waals surface area (Å²) in [5.41, 5.74) is 6.53. The Balaban J connectivity index is 2.22. The highest BCUT2D eigenvalue weighted by Crippen LogP contribution is 2.26. The van der Waals surface area contributed by atoms with Crippen molar-refractivity contribution in [2.45, 2.75) is 6.42 Å². The summed E-state index contributed by atoms with van der Waals surface area (Å²) in [6.07, 6.45) is 0.785. The molecule has 19 heavy (non-hydrogen) atoms. The second-order valence-corrected chi connectivity index (χ2v) is 4.24. The van der Waals surface area contributed by atoms with Crippen LogP contribution in [-0.4, -0.2) is 27.7 Å². The van der Waals surface area contributed by atoms with E-state index in [1.54, 1.807) is 6.07 Å². The van der Waals surface area contributed by atoms with E-state index in [2.05, 4.69) is 10.2 Å². The van der Waals surface area contributed by atoms with Crippen LogP contribution in [0.3, 0.4) is 0 Å². The average molecular weight is 258 g/mol. The molecule has 0 amide bonds. The van der Waals surface area contributed by atoms with Gasteiger partial charge in [0.2, 0.25) is 0 Å². The van der Waals surface area contributed by atoms with Crippen LogP contribution in [0.1, 0.15) is 6.42 Å². The van der Waals surface area contributed by atoms with Crippen LogP contribution in [0.4, 0.5) is 0 Å². The van der Waals surface area contributed by atoms with Gasteiger partial charge in [0.25, 0.3) is 0 Å². The molecule has 0 saturated heterocycles. The van der Waals surface area contributed by atoms with Crippen LogP contribution in [0, 0.1) is 0 Å². The largest absolute Gasteiger partial charge is 0.493 e. The van der Waals surface area contributed by atoms with Gasteiger partial charge in [0.05, 0.1) is 12.1 Å². The lowest BCUT2D eigenvalue weighted by Crippen LogP contribution is -2.11. The minimum absolute atomic E-state index is 0.250. The van der Waals surface area contributed by atoms with E-state index in [1.807, 2.05) is 24.3 Å². The zero-order chi connectivity index (χ0) is 13.2. The summed E-state index contributed by atoms with van der Waals surface area (Å²) in [5.74, 6) is 0.718. The number of nitrogens with two attached hydrogens (primary N) is 1. The third-order valence-electron chi connectivity index (χ3n) is 2.97. The number of aromatic nitrogens is 3. The van der Waals surface area contributed by atoms with E-state index in [0.717, 1.165) is 23.1 Å². The zero-order valence-corrected chi connectivity index (χ0v) is 10.3. The van der Waals surface area contributed by atoms with Gasteiger partial charge in [-0.2, -0.15) is 5.10 Å². The Morgan fingerprint density at radius 1 is 1.37 bits per heavy atom. The Morgan fingerprint density at radius 3 is 3.05 bits per heavy atom. The number of ether oxygens (including phenoxy) is 1. The number of para-hydroxylation sites is 1. The Morgan fingerprint density at radius 2 is 2.21 bits per heavy atom. The molecule has 6 heteroatoms. The first-order valence-electron chi connectivity index (χ1n) is 6.13. The third kappa shape index (κ3) is 1.96. The van der Waals surface area contributed by atoms with Crippen molar-refractivity contribution < 1.29 is 4.74 Å². The second kappa shape index (κ2) is 4.74. The predicted molar refractivity (Wildman–Crippen MR) is 72.5 cm³/mol. The number of benzene rings is 1. The van der Waals surface area contributed by atoms with Crippen molar-refractivity contribution in [3.05, 3.63) is 40.8 Å². The topological polar surface area (TPSA) is 85.4 Å². The molecule has 2 heterocycles. The highest BCUT2D eigenvalue weighted by atomic mass is 16.5. The minimum atomic E-state index is -0.250. The van der Waals surface area contributed by atoms with Gasteiger partial charge >= 0.3 is 5.69 Å². The Hall–Kier alpha value is -2.34. The molecule has 98 valence electrons. The normalized spacial score (nSPS) is 11.2. The van der Waals surface area contributed by atoms with E-state index in [0.29, 0.717) is 18.8 Å². The predicted octanol–water partition coefficient (Wildman–Crippen LogP) is 0.903. The fourth-order valence-corrected chi connectivity index (χ4v) is 2.10.